The van der Waals surface area contributed by atoms with Gasteiger partial charge in [-0.05, 0) is 37.5 Å². The summed E-state index contributed by atoms with van der Waals surface area (Å²) in [6.45, 7) is 9.70. The number of unbranched alkanes of at least 4 members (excludes halogenated alkanes) is 59. The fourth-order valence-electron chi connectivity index (χ4n) is 14.3. The number of carbonyl (C=O) groups excluding carboxylic acids is 4. The highest BCUT2D eigenvalue weighted by Gasteiger charge is 2.31. The van der Waals surface area contributed by atoms with Crippen LogP contribution in [0.4, 0.5) is 0 Å². The van der Waals surface area contributed by atoms with Gasteiger partial charge in [0.25, 0.3) is 0 Å². The van der Waals surface area contributed by atoms with Crippen molar-refractivity contribution in [2.75, 3.05) is 39.6 Å². The third-order valence-corrected chi connectivity index (χ3v) is 23.7. The Labute approximate surface area is 677 Å². The second-order valence-electron chi connectivity index (χ2n) is 33.4. The lowest BCUT2D eigenvalue weighted by Gasteiger charge is -2.21. The molecule has 110 heavy (non-hydrogen) atoms. The van der Waals surface area contributed by atoms with Gasteiger partial charge >= 0.3 is 39.5 Å². The molecule has 0 aromatic carbocycles. The fraction of sp³-hybridized carbons (Fsp3) is 0.956. The van der Waals surface area contributed by atoms with Crippen molar-refractivity contribution in [1.82, 2.24) is 0 Å². The van der Waals surface area contributed by atoms with E-state index in [0.29, 0.717) is 25.7 Å². The van der Waals surface area contributed by atoms with Gasteiger partial charge in [0.05, 0.1) is 26.4 Å². The zero-order valence-corrected chi connectivity index (χ0v) is 74.4. The molecule has 3 N–H and O–H groups in total. The van der Waals surface area contributed by atoms with Gasteiger partial charge in [0.15, 0.2) is 12.2 Å². The first kappa shape index (κ1) is 108. The number of phosphoric acid groups is 2. The predicted molar refractivity (Wildman–Crippen MR) is 455 cm³/mol. The third-order valence-electron chi connectivity index (χ3n) is 21.8. The first-order valence-corrected chi connectivity index (χ1v) is 50.0. The lowest BCUT2D eigenvalue weighted by atomic mass is 9.99. The molecule has 0 saturated heterocycles. The van der Waals surface area contributed by atoms with Crippen LogP contribution in [0.1, 0.15) is 491 Å². The second-order valence-corrected chi connectivity index (χ2v) is 36.3. The van der Waals surface area contributed by atoms with Crippen molar-refractivity contribution in [3.8, 4) is 0 Å². The Kier molecular flexibility index (Phi) is 80.7. The minimum absolute atomic E-state index is 0.108. The van der Waals surface area contributed by atoms with Gasteiger partial charge in [-0.25, -0.2) is 9.13 Å². The van der Waals surface area contributed by atoms with Gasteiger partial charge in [0.1, 0.15) is 19.3 Å². The summed E-state index contributed by atoms with van der Waals surface area (Å²) in [6, 6.07) is 0. The van der Waals surface area contributed by atoms with Crippen LogP contribution >= 0.6 is 15.6 Å². The van der Waals surface area contributed by atoms with Gasteiger partial charge in [-0.1, -0.05) is 440 Å². The zero-order chi connectivity index (χ0) is 80.6. The third kappa shape index (κ3) is 82.6. The number of carbonyl (C=O) groups is 4. The van der Waals surface area contributed by atoms with Gasteiger partial charge < -0.3 is 33.8 Å². The summed E-state index contributed by atoms with van der Waals surface area (Å²) in [4.78, 5) is 73.0. The van der Waals surface area contributed by atoms with Crippen LogP contribution in [-0.4, -0.2) is 96.7 Å². The summed E-state index contributed by atoms with van der Waals surface area (Å²) >= 11 is 0. The molecule has 0 saturated carbocycles. The molecule has 0 spiro atoms. The van der Waals surface area contributed by atoms with Crippen molar-refractivity contribution in [2.45, 2.75) is 509 Å². The Balaban J connectivity index is 5.07. The quantitative estimate of drug-likeness (QED) is 0.0222. The first-order chi connectivity index (χ1) is 53.4. The maximum Gasteiger partial charge on any atom is 0.472 e. The molecule has 654 valence electrons. The molecule has 0 fully saturated rings. The number of rotatable bonds is 90. The van der Waals surface area contributed by atoms with E-state index in [1.165, 1.54) is 302 Å². The smallest absolute Gasteiger partial charge is 0.462 e. The number of hydrogen-bond donors (Lipinski definition) is 3. The average Bonchev–Trinajstić information content (AvgIpc) is 0.897. The van der Waals surface area contributed by atoms with E-state index in [9.17, 15) is 43.2 Å². The SMILES string of the molecule is CCCCCCCCCCCCCCCCCCCCCCCCC(=O)OC[C@H](COP(=O)(O)OC[C@@H](O)COP(=O)(O)OC[C@@H](COC(=O)CCCCCCC)OC(=O)CCCCCCCCCCCCCCCCCCCCC(C)C)OC(=O)CCCCCCCCCCCCCCCCCCCCC(C)CC. The maximum atomic E-state index is 13.2. The Bertz CT molecular complexity index is 2100. The summed E-state index contributed by atoms with van der Waals surface area (Å²) in [5.74, 6) is -0.418. The molecule has 0 aliphatic heterocycles. The molecule has 0 bridgehead atoms. The minimum atomic E-state index is -4.97. The van der Waals surface area contributed by atoms with E-state index >= 15 is 0 Å². The topological polar surface area (TPSA) is 237 Å². The molecule has 0 heterocycles. The molecular formula is C91H178O17P2. The molecule has 6 atom stereocenters. The van der Waals surface area contributed by atoms with Crippen LogP contribution in [0.15, 0.2) is 0 Å². The highest BCUT2D eigenvalue weighted by atomic mass is 31.2. The van der Waals surface area contributed by atoms with Gasteiger partial charge in [-0.15, -0.1) is 0 Å². The summed E-state index contributed by atoms with van der Waals surface area (Å²) in [7, 11) is -9.92. The predicted octanol–water partition coefficient (Wildman–Crippen LogP) is 28.2. The Morgan fingerprint density at radius 2 is 0.464 bits per heavy atom. The molecule has 19 heteroatoms. The Morgan fingerprint density at radius 3 is 0.691 bits per heavy atom. The van der Waals surface area contributed by atoms with E-state index in [1.54, 1.807) is 0 Å². The van der Waals surface area contributed by atoms with Crippen molar-refractivity contribution in [3.63, 3.8) is 0 Å². The Hall–Kier alpha value is -1.94. The van der Waals surface area contributed by atoms with Crippen molar-refractivity contribution >= 4 is 39.5 Å². The van der Waals surface area contributed by atoms with Crippen molar-refractivity contribution in [1.29, 1.82) is 0 Å². The number of aliphatic hydroxyl groups excluding tert-OH is 1. The highest BCUT2D eigenvalue weighted by molar-refractivity contribution is 7.47. The van der Waals surface area contributed by atoms with Crippen molar-refractivity contribution in [2.24, 2.45) is 11.8 Å². The minimum Gasteiger partial charge on any atom is -0.462 e. The molecule has 0 radical (unpaired) electrons. The van der Waals surface area contributed by atoms with E-state index in [-0.39, 0.29) is 25.7 Å². The van der Waals surface area contributed by atoms with Crippen LogP contribution in [0.5, 0.6) is 0 Å². The van der Waals surface area contributed by atoms with Gasteiger partial charge in [0, 0.05) is 25.7 Å². The highest BCUT2D eigenvalue weighted by Crippen LogP contribution is 2.45. The van der Waals surface area contributed by atoms with E-state index in [4.69, 9.17) is 37.0 Å². The summed E-state index contributed by atoms with van der Waals surface area (Å²) in [5, 5.41) is 10.7. The lowest BCUT2D eigenvalue weighted by molar-refractivity contribution is -0.161. The molecule has 0 aromatic heterocycles. The first-order valence-electron chi connectivity index (χ1n) is 47.0. The molecule has 0 aliphatic rings. The number of phosphoric ester groups is 2. The van der Waals surface area contributed by atoms with Crippen LogP contribution in [0.2, 0.25) is 0 Å². The maximum absolute atomic E-state index is 13.2. The van der Waals surface area contributed by atoms with E-state index < -0.39 is 97.5 Å². The largest absolute Gasteiger partial charge is 0.472 e. The molecule has 0 aromatic rings. The van der Waals surface area contributed by atoms with E-state index in [1.807, 2.05) is 0 Å². The van der Waals surface area contributed by atoms with Crippen LogP contribution in [0.3, 0.4) is 0 Å². The number of ether oxygens (including phenoxy) is 4. The zero-order valence-electron chi connectivity index (χ0n) is 72.6. The average molecular weight is 1610 g/mol. The van der Waals surface area contributed by atoms with Gasteiger partial charge in [-0.2, -0.15) is 0 Å². The standard InChI is InChI=1S/C91H178O17P2/c1-7-10-12-14-15-16-17-18-19-20-21-22-23-24-31-36-41-46-51-56-62-68-74-89(94)102-80-87(108-91(96)76-70-64-58-53-48-43-38-33-28-26-30-35-40-45-50-55-61-66-72-84(6)9-3)82-106-110(99,100)104-78-85(92)77-103-109(97,98)105-81-86(79-101-88(93)73-67-59-13-11-8-2)107-90(95)75-69-63-57-52-47-42-37-32-27-25-29-34-39-44-49-54-60-65-71-83(4)5/h83-87,92H,7-82H2,1-6H3,(H,97,98)(H,99,100)/t84?,85-,86+,87+/m0/s1. The monoisotopic (exact) mass is 1610 g/mol. The van der Waals surface area contributed by atoms with E-state index in [2.05, 4.69) is 41.5 Å². The molecule has 3 unspecified atom stereocenters. The molecule has 0 rings (SSSR count). The van der Waals surface area contributed by atoms with Crippen LogP contribution in [0.25, 0.3) is 0 Å². The van der Waals surface area contributed by atoms with Crippen LogP contribution < -0.4 is 0 Å². The number of aliphatic hydroxyl groups is 1. The normalized spacial score (nSPS) is 14.0. The number of esters is 4. The summed E-state index contributed by atoms with van der Waals surface area (Å²) in [5.41, 5.74) is 0. The van der Waals surface area contributed by atoms with Gasteiger partial charge in [-0.3, -0.25) is 37.3 Å². The van der Waals surface area contributed by atoms with Crippen LogP contribution in [0, 0.1) is 11.8 Å². The van der Waals surface area contributed by atoms with Gasteiger partial charge in [0.2, 0.25) is 0 Å². The molecule has 17 nitrogen and oxygen atoms in total. The summed E-state index contributed by atoms with van der Waals surface area (Å²) < 4.78 is 68.8. The van der Waals surface area contributed by atoms with Crippen LogP contribution in [-0.2, 0) is 65.4 Å². The molecule has 0 amide bonds. The lowest BCUT2D eigenvalue weighted by Crippen LogP contribution is -2.30. The number of hydrogen-bond acceptors (Lipinski definition) is 15. The molecule has 0 aliphatic carbocycles. The second kappa shape index (κ2) is 82.2. The summed E-state index contributed by atoms with van der Waals surface area (Å²) in [6.07, 6.45) is 77.1. The Morgan fingerprint density at radius 1 is 0.264 bits per heavy atom. The van der Waals surface area contributed by atoms with Crippen molar-refractivity contribution in [3.05, 3.63) is 0 Å². The fourth-order valence-corrected chi connectivity index (χ4v) is 15.9. The van der Waals surface area contributed by atoms with Crippen molar-refractivity contribution < 1.29 is 80.2 Å². The molecular weight excluding hydrogens is 1430 g/mol. The van der Waals surface area contributed by atoms with E-state index in [0.717, 1.165) is 108 Å².